The van der Waals surface area contributed by atoms with Gasteiger partial charge in [-0.2, -0.15) is 0 Å². The van der Waals surface area contributed by atoms with E-state index in [1.807, 2.05) is 24.3 Å². The number of halogens is 1. The number of carbonyl (C=O) groups is 1. The lowest BCUT2D eigenvalue weighted by Gasteiger charge is -2.30. The largest absolute Gasteiger partial charge is 0.384 e. The molecule has 0 atom stereocenters. The van der Waals surface area contributed by atoms with E-state index in [2.05, 4.69) is 48.5 Å². The minimum atomic E-state index is -0.369. The van der Waals surface area contributed by atoms with Gasteiger partial charge < -0.3 is 16.0 Å². The quantitative estimate of drug-likeness (QED) is 0.563. The first kappa shape index (κ1) is 20.9. The molecule has 0 unspecified atom stereocenters. The number of carbonyl (C=O) groups excluding carboxylic acids is 1. The van der Waals surface area contributed by atoms with Crippen LogP contribution < -0.4 is 16.0 Å². The molecule has 0 spiro atoms. The van der Waals surface area contributed by atoms with E-state index in [0.717, 1.165) is 24.5 Å². The van der Waals surface area contributed by atoms with Crippen LogP contribution in [-0.4, -0.2) is 36.0 Å². The van der Waals surface area contributed by atoms with Crippen LogP contribution in [0, 0.1) is 5.82 Å². The van der Waals surface area contributed by atoms with Crippen LogP contribution in [0.25, 0.3) is 5.57 Å². The van der Waals surface area contributed by atoms with Gasteiger partial charge in [0, 0.05) is 48.3 Å². The summed E-state index contributed by atoms with van der Waals surface area (Å²) in [5, 5.41) is 9.28. The lowest BCUT2D eigenvalue weighted by Crippen LogP contribution is -2.40. The average Bonchev–Trinajstić information content (AvgIpc) is 2.98. The number of hydrogen-bond donors (Lipinski definition) is 3. The minimum absolute atomic E-state index is 0.240. The Hall–Kier alpha value is -2.86. The molecule has 1 aliphatic rings. The summed E-state index contributed by atoms with van der Waals surface area (Å²) >= 11 is 0. The molecule has 1 amide bonds. The van der Waals surface area contributed by atoms with Crippen LogP contribution in [0.1, 0.15) is 33.3 Å². The molecule has 0 saturated heterocycles. The van der Waals surface area contributed by atoms with Crippen molar-refractivity contribution in [2.24, 2.45) is 0 Å². The third kappa shape index (κ3) is 5.15. The van der Waals surface area contributed by atoms with E-state index in [4.69, 9.17) is 0 Å². The Kier molecular flexibility index (Phi) is 6.54. The summed E-state index contributed by atoms with van der Waals surface area (Å²) in [7, 11) is 0. The molecule has 3 N–H and O–H groups in total. The highest BCUT2D eigenvalue weighted by atomic mass is 19.1. The van der Waals surface area contributed by atoms with E-state index in [9.17, 15) is 9.18 Å². The smallest absolute Gasteiger partial charge is 0.257 e. The fraction of sp³-hybridized carbons (Fsp3) is 0.348. The van der Waals surface area contributed by atoms with Crippen molar-refractivity contribution in [3.8, 4) is 0 Å². The number of nitrogens with one attached hydrogen (secondary N) is 3. The maximum Gasteiger partial charge on any atom is 0.257 e. The molecule has 0 saturated carbocycles. The Bertz CT molecular complexity index is 882. The van der Waals surface area contributed by atoms with Gasteiger partial charge in [-0.3, -0.25) is 9.69 Å². The predicted molar refractivity (Wildman–Crippen MR) is 119 cm³/mol. The van der Waals surface area contributed by atoms with Crippen molar-refractivity contribution in [2.45, 2.75) is 39.8 Å². The zero-order valence-electron chi connectivity index (χ0n) is 17.4. The topological polar surface area (TPSA) is 56.4 Å². The summed E-state index contributed by atoms with van der Waals surface area (Å²) in [5.41, 5.74) is 3.61. The molecule has 0 bridgehead atoms. The van der Waals surface area contributed by atoms with Gasteiger partial charge in [0.2, 0.25) is 0 Å². The van der Waals surface area contributed by atoms with Gasteiger partial charge in [0.1, 0.15) is 5.82 Å². The summed E-state index contributed by atoms with van der Waals surface area (Å²) in [6.45, 7) is 10.7. The zero-order valence-corrected chi connectivity index (χ0v) is 17.4. The van der Waals surface area contributed by atoms with Crippen LogP contribution in [-0.2, 0) is 4.79 Å². The van der Waals surface area contributed by atoms with Crippen molar-refractivity contribution in [1.29, 1.82) is 0 Å². The SMILES string of the molecule is CC(C)N(CCNc1ccc(NC=C2C(=O)Nc3cc(F)ccc32)cc1)C(C)C. The highest BCUT2D eigenvalue weighted by molar-refractivity contribution is 6.31. The third-order valence-corrected chi connectivity index (χ3v) is 5.06. The fourth-order valence-corrected chi connectivity index (χ4v) is 3.59. The zero-order chi connectivity index (χ0) is 21.0. The second-order valence-electron chi connectivity index (χ2n) is 7.78. The molecular formula is C23H29FN4O. The first-order valence-electron chi connectivity index (χ1n) is 10.0. The molecule has 0 aromatic heterocycles. The molecule has 0 fully saturated rings. The Morgan fingerprint density at radius 1 is 1.03 bits per heavy atom. The van der Waals surface area contributed by atoms with E-state index < -0.39 is 0 Å². The van der Waals surface area contributed by atoms with Crippen LogP contribution in [0.15, 0.2) is 48.7 Å². The lowest BCUT2D eigenvalue weighted by molar-refractivity contribution is -0.110. The van der Waals surface area contributed by atoms with Gasteiger partial charge in [0.05, 0.1) is 11.3 Å². The molecule has 6 heteroatoms. The first-order chi connectivity index (χ1) is 13.8. The number of rotatable bonds is 8. The van der Waals surface area contributed by atoms with E-state index in [1.165, 1.54) is 12.1 Å². The van der Waals surface area contributed by atoms with Gasteiger partial charge in [0.15, 0.2) is 0 Å². The second-order valence-corrected chi connectivity index (χ2v) is 7.78. The van der Waals surface area contributed by atoms with Crippen LogP contribution in [0.2, 0.25) is 0 Å². The van der Waals surface area contributed by atoms with Gasteiger partial charge in [-0.15, -0.1) is 0 Å². The Morgan fingerprint density at radius 2 is 1.69 bits per heavy atom. The molecule has 29 heavy (non-hydrogen) atoms. The Labute approximate surface area is 172 Å². The van der Waals surface area contributed by atoms with Crippen molar-refractivity contribution in [3.05, 3.63) is 60.0 Å². The monoisotopic (exact) mass is 396 g/mol. The molecule has 0 radical (unpaired) electrons. The molecule has 154 valence electrons. The molecule has 0 aliphatic carbocycles. The highest BCUT2D eigenvalue weighted by Crippen LogP contribution is 2.32. The van der Waals surface area contributed by atoms with Crippen molar-refractivity contribution in [1.82, 2.24) is 4.90 Å². The number of amides is 1. The van der Waals surface area contributed by atoms with Crippen LogP contribution in [0.4, 0.5) is 21.5 Å². The van der Waals surface area contributed by atoms with Crippen molar-refractivity contribution in [2.75, 3.05) is 29.0 Å². The summed E-state index contributed by atoms with van der Waals surface area (Å²) < 4.78 is 13.3. The van der Waals surface area contributed by atoms with Gasteiger partial charge in [0.25, 0.3) is 5.91 Å². The molecule has 2 aromatic carbocycles. The van der Waals surface area contributed by atoms with Gasteiger partial charge in [-0.05, 0) is 70.2 Å². The summed E-state index contributed by atoms with van der Waals surface area (Å²) in [6.07, 6.45) is 1.66. The lowest BCUT2D eigenvalue weighted by atomic mass is 10.1. The highest BCUT2D eigenvalue weighted by Gasteiger charge is 2.24. The number of anilines is 3. The second kappa shape index (κ2) is 9.09. The van der Waals surface area contributed by atoms with Crippen molar-refractivity contribution >= 4 is 28.5 Å². The van der Waals surface area contributed by atoms with E-state index >= 15 is 0 Å². The van der Waals surface area contributed by atoms with Gasteiger partial charge >= 0.3 is 0 Å². The number of hydrogen-bond acceptors (Lipinski definition) is 4. The summed E-state index contributed by atoms with van der Waals surface area (Å²) in [6, 6.07) is 13.3. The minimum Gasteiger partial charge on any atom is -0.384 e. The Balaban J connectivity index is 1.58. The number of benzene rings is 2. The van der Waals surface area contributed by atoms with E-state index in [1.54, 1.807) is 12.3 Å². The number of fused-ring (bicyclic) bond motifs is 1. The van der Waals surface area contributed by atoms with Gasteiger partial charge in [-0.25, -0.2) is 4.39 Å². The molecule has 1 aliphatic heterocycles. The Morgan fingerprint density at radius 3 is 2.34 bits per heavy atom. The molecular weight excluding hydrogens is 367 g/mol. The molecule has 1 heterocycles. The first-order valence-corrected chi connectivity index (χ1v) is 10.0. The maximum absolute atomic E-state index is 13.3. The normalized spacial score (nSPS) is 14.6. The van der Waals surface area contributed by atoms with Gasteiger partial charge in [-0.1, -0.05) is 0 Å². The van der Waals surface area contributed by atoms with Crippen LogP contribution >= 0.6 is 0 Å². The van der Waals surface area contributed by atoms with Crippen LogP contribution in [0.5, 0.6) is 0 Å². The fourth-order valence-electron chi connectivity index (χ4n) is 3.59. The average molecular weight is 397 g/mol. The molecule has 2 aromatic rings. The third-order valence-electron chi connectivity index (χ3n) is 5.06. The standard InChI is InChI=1S/C23H29FN4O/c1-15(2)28(16(3)4)12-11-25-18-6-8-19(9-7-18)26-14-21-20-10-5-17(24)13-22(20)27-23(21)29/h5-10,13-16,25-26H,11-12H2,1-4H3,(H,27,29). The van der Waals surface area contributed by atoms with Crippen LogP contribution in [0.3, 0.4) is 0 Å². The van der Waals surface area contributed by atoms with E-state index in [0.29, 0.717) is 28.9 Å². The number of nitrogens with zero attached hydrogens (tertiary/aromatic N) is 1. The van der Waals surface area contributed by atoms with E-state index in [-0.39, 0.29) is 11.7 Å². The molecule has 3 rings (SSSR count). The van der Waals surface area contributed by atoms with Crippen molar-refractivity contribution < 1.29 is 9.18 Å². The predicted octanol–water partition coefficient (Wildman–Crippen LogP) is 4.76. The summed E-state index contributed by atoms with van der Waals surface area (Å²) in [4.78, 5) is 14.6. The van der Waals surface area contributed by atoms with Crippen molar-refractivity contribution in [3.63, 3.8) is 0 Å². The molecule has 5 nitrogen and oxygen atoms in total. The summed E-state index contributed by atoms with van der Waals surface area (Å²) in [5.74, 6) is -0.609. The maximum atomic E-state index is 13.3.